The van der Waals surface area contributed by atoms with Crippen LogP contribution in [0.4, 0.5) is 0 Å². The van der Waals surface area contributed by atoms with Crippen molar-refractivity contribution in [2.45, 2.75) is 20.3 Å². The number of nitrogens with zero attached hydrogens (tertiary/aromatic N) is 2. The molecule has 2 heterocycles. The summed E-state index contributed by atoms with van der Waals surface area (Å²) in [6, 6.07) is 13.1. The standard InChI is InChI=1S/C22H26N4O3/c1-15(2)14-24-21(27)19-18-6-4-5-13-26(18)20(25-19)22(28)23-12-11-16-7-9-17(29-3)10-8-16/h4-10,13,15H,11-12,14H2,1-3H3,(H,23,28)(H,24,27). The molecule has 2 N–H and O–H groups in total. The third-order valence-corrected chi connectivity index (χ3v) is 4.50. The number of carbonyl (C=O) groups excluding carboxylic acids is 2. The molecule has 7 heteroatoms. The molecular weight excluding hydrogens is 368 g/mol. The molecule has 1 aromatic carbocycles. The lowest BCUT2D eigenvalue weighted by Crippen LogP contribution is -2.29. The van der Waals surface area contributed by atoms with Crippen LogP contribution in [0.15, 0.2) is 48.7 Å². The van der Waals surface area contributed by atoms with Gasteiger partial charge in [-0.2, -0.15) is 0 Å². The zero-order valence-electron chi connectivity index (χ0n) is 16.9. The highest BCUT2D eigenvalue weighted by Crippen LogP contribution is 2.14. The number of amides is 2. The summed E-state index contributed by atoms with van der Waals surface area (Å²) in [6.07, 6.45) is 2.42. The van der Waals surface area contributed by atoms with Crippen LogP contribution in [-0.4, -0.2) is 41.4 Å². The van der Waals surface area contributed by atoms with E-state index < -0.39 is 0 Å². The van der Waals surface area contributed by atoms with Crippen molar-refractivity contribution in [1.82, 2.24) is 20.0 Å². The van der Waals surface area contributed by atoms with Gasteiger partial charge in [-0.3, -0.25) is 14.0 Å². The smallest absolute Gasteiger partial charge is 0.287 e. The lowest BCUT2D eigenvalue weighted by atomic mass is 10.1. The van der Waals surface area contributed by atoms with Gasteiger partial charge in [0.2, 0.25) is 5.82 Å². The minimum absolute atomic E-state index is 0.199. The van der Waals surface area contributed by atoms with E-state index in [9.17, 15) is 9.59 Å². The van der Waals surface area contributed by atoms with Crippen molar-refractivity contribution in [3.8, 4) is 5.75 Å². The Kier molecular flexibility index (Phi) is 6.49. The van der Waals surface area contributed by atoms with Gasteiger partial charge in [0.15, 0.2) is 5.69 Å². The van der Waals surface area contributed by atoms with Crippen LogP contribution >= 0.6 is 0 Å². The molecule has 0 atom stereocenters. The molecule has 0 saturated heterocycles. The van der Waals surface area contributed by atoms with Crippen LogP contribution in [0.1, 0.15) is 40.5 Å². The number of pyridine rings is 1. The number of carbonyl (C=O) groups is 2. The molecule has 152 valence electrons. The maximum atomic E-state index is 12.7. The van der Waals surface area contributed by atoms with Crippen molar-refractivity contribution in [2.75, 3.05) is 20.2 Å². The summed E-state index contributed by atoms with van der Waals surface area (Å²) in [6.45, 7) is 5.05. The third-order valence-electron chi connectivity index (χ3n) is 4.50. The predicted molar refractivity (Wildman–Crippen MR) is 111 cm³/mol. The number of nitrogens with one attached hydrogen (secondary N) is 2. The number of methoxy groups -OCH3 is 1. The van der Waals surface area contributed by atoms with E-state index in [1.807, 2.05) is 44.2 Å². The highest BCUT2D eigenvalue weighted by molar-refractivity contribution is 6.02. The number of hydrogen-bond acceptors (Lipinski definition) is 4. The zero-order chi connectivity index (χ0) is 20.8. The normalized spacial score (nSPS) is 10.9. The van der Waals surface area contributed by atoms with Gasteiger partial charge in [-0.25, -0.2) is 4.98 Å². The molecule has 7 nitrogen and oxygen atoms in total. The van der Waals surface area contributed by atoms with Gasteiger partial charge in [0.05, 0.1) is 12.6 Å². The van der Waals surface area contributed by atoms with Gasteiger partial charge in [-0.1, -0.05) is 32.0 Å². The molecule has 2 amide bonds. The summed E-state index contributed by atoms with van der Waals surface area (Å²) in [5, 5.41) is 5.75. The first-order valence-electron chi connectivity index (χ1n) is 9.66. The molecule has 29 heavy (non-hydrogen) atoms. The summed E-state index contributed by atoms with van der Waals surface area (Å²) in [4.78, 5) is 29.6. The lowest BCUT2D eigenvalue weighted by molar-refractivity contribution is 0.0942. The van der Waals surface area contributed by atoms with E-state index in [-0.39, 0.29) is 23.3 Å². The number of fused-ring (bicyclic) bond motifs is 1. The summed E-state index contributed by atoms with van der Waals surface area (Å²) in [5.74, 6) is 0.728. The molecule has 0 fully saturated rings. The van der Waals surface area contributed by atoms with Crippen LogP contribution in [0, 0.1) is 5.92 Å². The maximum Gasteiger partial charge on any atom is 0.287 e. The van der Waals surface area contributed by atoms with Gasteiger partial charge in [-0.15, -0.1) is 0 Å². The summed E-state index contributed by atoms with van der Waals surface area (Å²) in [5.41, 5.74) is 1.95. The minimum atomic E-state index is -0.317. The van der Waals surface area contributed by atoms with Gasteiger partial charge in [-0.05, 0) is 42.2 Å². The van der Waals surface area contributed by atoms with Gasteiger partial charge in [0.25, 0.3) is 11.8 Å². The van der Waals surface area contributed by atoms with E-state index in [0.717, 1.165) is 11.3 Å². The van der Waals surface area contributed by atoms with Gasteiger partial charge in [0.1, 0.15) is 5.75 Å². The predicted octanol–water partition coefficient (Wildman–Crippen LogP) is 2.70. The molecule has 0 unspecified atom stereocenters. The first kappa shape index (κ1) is 20.4. The van der Waals surface area contributed by atoms with E-state index in [1.165, 1.54) is 0 Å². The highest BCUT2D eigenvalue weighted by Gasteiger charge is 2.21. The van der Waals surface area contributed by atoms with Crippen LogP contribution < -0.4 is 15.4 Å². The molecule has 0 aliphatic heterocycles. The number of rotatable bonds is 8. The fourth-order valence-corrected chi connectivity index (χ4v) is 2.94. The van der Waals surface area contributed by atoms with E-state index in [1.54, 1.807) is 29.8 Å². The van der Waals surface area contributed by atoms with Gasteiger partial charge in [0, 0.05) is 19.3 Å². The van der Waals surface area contributed by atoms with Gasteiger partial charge < -0.3 is 15.4 Å². The topological polar surface area (TPSA) is 84.7 Å². The minimum Gasteiger partial charge on any atom is -0.497 e. The molecule has 3 aromatic rings. The summed E-state index contributed by atoms with van der Waals surface area (Å²) >= 11 is 0. The third kappa shape index (κ3) is 4.93. The van der Waals surface area contributed by atoms with Gasteiger partial charge >= 0.3 is 0 Å². The van der Waals surface area contributed by atoms with Crippen molar-refractivity contribution in [1.29, 1.82) is 0 Å². The Bertz CT molecular complexity index is 993. The van der Waals surface area contributed by atoms with Crippen molar-refractivity contribution in [2.24, 2.45) is 5.92 Å². The molecule has 0 bridgehead atoms. The van der Waals surface area contributed by atoms with E-state index >= 15 is 0 Å². The van der Waals surface area contributed by atoms with Crippen molar-refractivity contribution < 1.29 is 14.3 Å². The van der Waals surface area contributed by atoms with Crippen molar-refractivity contribution in [3.63, 3.8) is 0 Å². The monoisotopic (exact) mass is 394 g/mol. The van der Waals surface area contributed by atoms with Crippen LogP contribution in [0.5, 0.6) is 5.75 Å². The molecular formula is C22H26N4O3. The SMILES string of the molecule is COc1ccc(CCNC(=O)c2nc(C(=O)NCC(C)C)c3ccccn23)cc1. The largest absolute Gasteiger partial charge is 0.497 e. The summed E-state index contributed by atoms with van der Waals surface area (Å²) < 4.78 is 6.79. The second kappa shape index (κ2) is 9.23. The molecule has 0 spiro atoms. The Morgan fingerprint density at radius 3 is 2.52 bits per heavy atom. The molecule has 2 aromatic heterocycles. The molecule has 0 saturated carbocycles. The molecule has 3 rings (SSSR count). The first-order chi connectivity index (χ1) is 14.0. The Balaban J connectivity index is 1.71. The van der Waals surface area contributed by atoms with Crippen molar-refractivity contribution in [3.05, 3.63) is 65.7 Å². The van der Waals surface area contributed by atoms with E-state index in [4.69, 9.17) is 4.74 Å². The number of benzene rings is 1. The quantitative estimate of drug-likeness (QED) is 0.615. The Morgan fingerprint density at radius 2 is 1.83 bits per heavy atom. The van der Waals surface area contributed by atoms with Crippen molar-refractivity contribution >= 4 is 17.3 Å². The van der Waals surface area contributed by atoms with Crippen LogP contribution in [-0.2, 0) is 6.42 Å². The number of ether oxygens (including phenoxy) is 1. The Morgan fingerprint density at radius 1 is 1.07 bits per heavy atom. The molecule has 0 radical (unpaired) electrons. The Labute approximate surface area is 170 Å². The second-order valence-corrected chi connectivity index (χ2v) is 7.20. The van der Waals surface area contributed by atoms with Crippen LogP contribution in [0.3, 0.4) is 0 Å². The molecule has 0 aliphatic rings. The summed E-state index contributed by atoms with van der Waals surface area (Å²) in [7, 11) is 1.63. The lowest BCUT2D eigenvalue weighted by Gasteiger charge is -2.06. The van der Waals surface area contributed by atoms with Crippen LogP contribution in [0.25, 0.3) is 5.52 Å². The number of imidazole rings is 1. The fraction of sp³-hybridized carbons (Fsp3) is 0.318. The van der Waals surface area contributed by atoms with E-state index in [2.05, 4.69) is 15.6 Å². The Hall–Kier alpha value is -3.35. The first-order valence-corrected chi connectivity index (χ1v) is 9.66. The number of hydrogen-bond donors (Lipinski definition) is 2. The average molecular weight is 394 g/mol. The molecule has 0 aliphatic carbocycles. The zero-order valence-corrected chi connectivity index (χ0v) is 16.9. The fourth-order valence-electron chi connectivity index (χ4n) is 2.94. The van der Waals surface area contributed by atoms with E-state index in [0.29, 0.717) is 30.9 Å². The highest BCUT2D eigenvalue weighted by atomic mass is 16.5. The average Bonchev–Trinajstić information content (AvgIpc) is 3.12. The second-order valence-electron chi connectivity index (χ2n) is 7.20. The maximum absolute atomic E-state index is 12.7. The van der Waals surface area contributed by atoms with Crippen LogP contribution in [0.2, 0.25) is 0 Å². The number of aromatic nitrogens is 2.